The van der Waals surface area contributed by atoms with E-state index in [0.717, 1.165) is 6.42 Å². The van der Waals surface area contributed by atoms with Gasteiger partial charge in [-0.25, -0.2) is 0 Å². The van der Waals surface area contributed by atoms with Gasteiger partial charge in [0.25, 0.3) is 0 Å². The van der Waals surface area contributed by atoms with Crippen LogP contribution in [-0.2, 0) is 9.59 Å². The number of rotatable bonds is 10. The summed E-state index contributed by atoms with van der Waals surface area (Å²) < 4.78 is 0. The Morgan fingerprint density at radius 3 is 2.12 bits per heavy atom. The molecule has 0 aromatic carbocycles. The fourth-order valence-corrected chi connectivity index (χ4v) is 1.63. The fourth-order valence-electron chi connectivity index (χ4n) is 1.63. The third-order valence-electron chi connectivity index (χ3n) is 2.66. The standard InChI is InChI=1S/C13H24O4/c1-3-4-11(15)8-13(17)6-5-12(16)7-10(2)9-14/h10-11,14-15H,3-9H2,1-2H3/t10-,11+/m1/s1. The Hall–Kier alpha value is -0.740. The van der Waals surface area contributed by atoms with E-state index in [1.165, 1.54) is 0 Å². The molecule has 0 unspecified atom stereocenters. The molecule has 0 aliphatic carbocycles. The normalized spacial score (nSPS) is 14.4. The lowest BCUT2D eigenvalue weighted by atomic mass is 9.99. The summed E-state index contributed by atoms with van der Waals surface area (Å²) >= 11 is 0. The van der Waals surface area contributed by atoms with Crippen LogP contribution in [0.25, 0.3) is 0 Å². The molecule has 0 spiro atoms. The van der Waals surface area contributed by atoms with Crippen LogP contribution in [0.2, 0.25) is 0 Å². The highest BCUT2D eigenvalue weighted by Crippen LogP contribution is 2.08. The Kier molecular flexibility index (Phi) is 8.90. The van der Waals surface area contributed by atoms with Crippen molar-refractivity contribution in [2.75, 3.05) is 6.61 Å². The van der Waals surface area contributed by atoms with Crippen LogP contribution in [0.15, 0.2) is 0 Å². The van der Waals surface area contributed by atoms with Crippen molar-refractivity contribution in [3.8, 4) is 0 Å². The number of hydrogen-bond acceptors (Lipinski definition) is 4. The van der Waals surface area contributed by atoms with E-state index in [4.69, 9.17) is 5.11 Å². The maximum absolute atomic E-state index is 11.4. The molecule has 0 fully saturated rings. The first-order chi connectivity index (χ1) is 7.99. The topological polar surface area (TPSA) is 74.6 Å². The Balaban J connectivity index is 3.72. The lowest BCUT2D eigenvalue weighted by molar-refractivity contribution is -0.125. The minimum atomic E-state index is -0.570. The van der Waals surface area contributed by atoms with Crippen LogP contribution >= 0.6 is 0 Å². The molecule has 2 N–H and O–H groups in total. The zero-order valence-corrected chi connectivity index (χ0v) is 10.8. The molecule has 17 heavy (non-hydrogen) atoms. The minimum absolute atomic E-state index is 0.00452. The smallest absolute Gasteiger partial charge is 0.135 e. The lowest BCUT2D eigenvalue weighted by Gasteiger charge is -2.08. The molecule has 0 aromatic heterocycles. The van der Waals surface area contributed by atoms with Crippen molar-refractivity contribution in [3.63, 3.8) is 0 Å². The zero-order chi connectivity index (χ0) is 13.3. The fraction of sp³-hybridized carbons (Fsp3) is 0.846. The van der Waals surface area contributed by atoms with Gasteiger partial charge in [0.1, 0.15) is 11.6 Å². The second kappa shape index (κ2) is 9.31. The molecular formula is C13H24O4. The van der Waals surface area contributed by atoms with E-state index in [9.17, 15) is 14.7 Å². The van der Waals surface area contributed by atoms with Crippen LogP contribution in [0.1, 0.15) is 52.4 Å². The van der Waals surface area contributed by atoms with Gasteiger partial charge in [0.2, 0.25) is 0 Å². The van der Waals surface area contributed by atoms with E-state index in [0.29, 0.717) is 12.8 Å². The maximum Gasteiger partial charge on any atom is 0.135 e. The van der Waals surface area contributed by atoms with E-state index in [2.05, 4.69) is 0 Å². The summed E-state index contributed by atoms with van der Waals surface area (Å²) in [5.41, 5.74) is 0. The molecule has 0 amide bonds. The van der Waals surface area contributed by atoms with E-state index in [1.807, 2.05) is 6.92 Å². The van der Waals surface area contributed by atoms with Crippen LogP contribution in [0.4, 0.5) is 0 Å². The van der Waals surface area contributed by atoms with Crippen LogP contribution in [0.3, 0.4) is 0 Å². The van der Waals surface area contributed by atoms with Gasteiger partial charge in [-0.1, -0.05) is 20.3 Å². The highest BCUT2D eigenvalue weighted by atomic mass is 16.3. The third kappa shape index (κ3) is 9.01. The van der Waals surface area contributed by atoms with Crippen molar-refractivity contribution in [1.82, 2.24) is 0 Å². The van der Waals surface area contributed by atoms with Crippen molar-refractivity contribution in [1.29, 1.82) is 0 Å². The Bertz CT molecular complexity index is 238. The lowest BCUT2D eigenvalue weighted by Crippen LogP contribution is -2.15. The van der Waals surface area contributed by atoms with Gasteiger partial charge >= 0.3 is 0 Å². The number of hydrogen-bond donors (Lipinski definition) is 2. The SMILES string of the molecule is CCC[C@H](O)CC(=O)CCC(=O)C[C@@H](C)CO. The Morgan fingerprint density at radius 1 is 1.12 bits per heavy atom. The molecule has 4 nitrogen and oxygen atoms in total. The van der Waals surface area contributed by atoms with Gasteiger partial charge < -0.3 is 10.2 Å². The highest BCUT2D eigenvalue weighted by Gasteiger charge is 2.13. The first kappa shape index (κ1) is 16.3. The summed E-state index contributed by atoms with van der Waals surface area (Å²) in [7, 11) is 0. The quantitative estimate of drug-likeness (QED) is 0.610. The van der Waals surface area contributed by atoms with Crippen LogP contribution < -0.4 is 0 Å². The first-order valence-corrected chi connectivity index (χ1v) is 6.31. The van der Waals surface area contributed by atoms with Gasteiger partial charge in [-0.2, -0.15) is 0 Å². The zero-order valence-electron chi connectivity index (χ0n) is 10.8. The molecule has 0 aliphatic rings. The number of carbonyl (C=O) groups is 2. The molecule has 0 aromatic rings. The Morgan fingerprint density at radius 2 is 1.65 bits per heavy atom. The second-order valence-corrected chi connectivity index (χ2v) is 4.72. The summed E-state index contributed by atoms with van der Waals surface area (Å²) in [6.07, 6.45) is 1.80. The molecule has 0 saturated heterocycles. The molecule has 0 aliphatic heterocycles. The van der Waals surface area contributed by atoms with Gasteiger partial charge in [-0.05, 0) is 12.3 Å². The molecule has 2 atom stereocenters. The van der Waals surface area contributed by atoms with Gasteiger partial charge in [0.15, 0.2) is 0 Å². The minimum Gasteiger partial charge on any atom is -0.396 e. The largest absolute Gasteiger partial charge is 0.396 e. The van der Waals surface area contributed by atoms with Crippen molar-refractivity contribution in [3.05, 3.63) is 0 Å². The summed E-state index contributed by atoms with van der Waals surface area (Å²) in [5.74, 6) is -0.0934. The number of carbonyl (C=O) groups excluding carboxylic acids is 2. The van der Waals surface area contributed by atoms with Crippen molar-refractivity contribution >= 4 is 11.6 Å². The number of ketones is 2. The summed E-state index contributed by atoms with van der Waals surface area (Å²) in [6, 6.07) is 0. The van der Waals surface area contributed by atoms with Gasteiger partial charge in [0.05, 0.1) is 6.10 Å². The molecule has 0 heterocycles. The van der Waals surface area contributed by atoms with Gasteiger partial charge in [-0.15, -0.1) is 0 Å². The van der Waals surface area contributed by atoms with Crippen molar-refractivity contribution in [2.45, 2.75) is 58.5 Å². The second-order valence-electron chi connectivity index (χ2n) is 4.72. The highest BCUT2D eigenvalue weighted by molar-refractivity contribution is 5.86. The molecule has 0 radical (unpaired) electrons. The number of aliphatic hydroxyl groups excluding tert-OH is 2. The van der Waals surface area contributed by atoms with Crippen LogP contribution in [0.5, 0.6) is 0 Å². The summed E-state index contributed by atoms with van der Waals surface area (Å²) in [5, 5.41) is 18.2. The number of Topliss-reactive ketones (excluding diaryl/α,β-unsaturated/α-hetero) is 2. The van der Waals surface area contributed by atoms with Crippen molar-refractivity contribution in [2.24, 2.45) is 5.92 Å². The first-order valence-electron chi connectivity index (χ1n) is 6.31. The Labute approximate surface area is 103 Å². The van der Waals surface area contributed by atoms with E-state index in [1.54, 1.807) is 6.92 Å². The third-order valence-corrected chi connectivity index (χ3v) is 2.66. The average molecular weight is 244 g/mol. The predicted octanol–water partition coefficient (Wildman–Crippen LogP) is 1.47. The van der Waals surface area contributed by atoms with Crippen molar-refractivity contribution < 1.29 is 19.8 Å². The van der Waals surface area contributed by atoms with Gasteiger partial charge in [0, 0.05) is 32.3 Å². The summed E-state index contributed by atoms with van der Waals surface area (Å²) in [6.45, 7) is 3.74. The average Bonchev–Trinajstić information content (AvgIpc) is 2.26. The number of aliphatic hydroxyl groups is 2. The monoisotopic (exact) mass is 244 g/mol. The van der Waals surface area contributed by atoms with Gasteiger partial charge in [-0.3, -0.25) is 9.59 Å². The summed E-state index contributed by atoms with van der Waals surface area (Å²) in [4.78, 5) is 22.8. The maximum atomic E-state index is 11.4. The molecule has 4 heteroatoms. The molecular weight excluding hydrogens is 220 g/mol. The predicted molar refractivity (Wildman–Crippen MR) is 65.6 cm³/mol. The molecule has 100 valence electrons. The van der Waals surface area contributed by atoms with Crippen LogP contribution in [-0.4, -0.2) is 34.5 Å². The molecule has 0 bridgehead atoms. The molecule has 0 saturated carbocycles. The molecule has 0 rings (SSSR count). The van der Waals surface area contributed by atoms with Crippen LogP contribution in [0, 0.1) is 5.92 Å². The van der Waals surface area contributed by atoms with E-state index < -0.39 is 6.10 Å². The van der Waals surface area contributed by atoms with E-state index in [-0.39, 0.29) is 43.4 Å². The van der Waals surface area contributed by atoms with E-state index >= 15 is 0 Å².